The summed E-state index contributed by atoms with van der Waals surface area (Å²) >= 11 is 0. The summed E-state index contributed by atoms with van der Waals surface area (Å²) in [5, 5.41) is 18.0. The van der Waals surface area contributed by atoms with Gasteiger partial charge in [-0.05, 0) is 50.6 Å². The minimum absolute atomic E-state index is 0.539. The molecule has 2 N–H and O–H groups in total. The summed E-state index contributed by atoms with van der Waals surface area (Å²) in [6.07, 6.45) is 6.29. The SMILES string of the molecule is C=C(CC=C(C)C)CCCc1ccc(B(O)O)cc1. The van der Waals surface area contributed by atoms with Gasteiger partial charge in [0.25, 0.3) is 0 Å². The van der Waals surface area contributed by atoms with E-state index < -0.39 is 7.12 Å². The lowest BCUT2D eigenvalue weighted by molar-refractivity contribution is 0.426. The summed E-state index contributed by atoms with van der Waals surface area (Å²) in [5.74, 6) is 0. The largest absolute Gasteiger partial charge is 0.488 e. The van der Waals surface area contributed by atoms with Gasteiger partial charge in [0.05, 0.1) is 0 Å². The molecule has 0 spiro atoms. The predicted molar refractivity (Wildman–Crippen MR) is 82.4 cm³/mol. The Morgan fingerprint density at radius 1 is 1.21 bits per heavy atom. The normalized spacial score (nSPS) is 10.1. The Hall–Kier alpha value is -1.32. The Balaban J connectivity index is 2.33. The summed E-state index contributed by atoms with van der Waals surface area (Å²) in [4.78, 5) is 0. The van der Waals surface area contributed by atoms with Crippen molar-refractivity contribution in [2.75, 3.05) is 0 Å². The average Bonchev–Trinajstić information content (AvgIpc) is 2.37. The van der Waals surface area contributed by atoms with E-state index in [0.717, 1.165) is 25.7 Å². The highest BCUT2D eigenvalue weighted by molar-refractivity contribution is 6.58. The molecular weight excluding hydrogens is 235 g/mol. The average molecular weight is 258 g/mol. The van der Waals surface area contributed by atoms with Crippen molar-refractivity contribution >= 4 is 12.6 Å². The molecule has 0 aromatic heterocycles. The van der Waals surface area contributed by atoms with Crippen molar-refractivity contribution in [1.29, 1.82) is 0 Å². The molecule has 0 aliphatic rings. The summed E-state index contributed by atoms with van der Waals surface area (Å²) in [5.41, 5.74) is 4.36. The van der Waals surface area contributed by atoms with Crippen molar-refractivity contribution in [2.45, 2.75) is 39.5 Å². The van der Waals surface area contributed by atoms with Gasteiger partial charge in [0.2, 0.25) is 0 Å². The lowest BCUT2D eigenvalue weighted by atomic mass is 9.80. The van der Waals surface area contributed by atoms with Gasteiger partial charge in [-0.2, -0.15) is 0 Å². The monoisotopic (exact) mass is 258 g/mol. The lowest BCUT2D eigenvalue weighted by Gasteiger charge is -2.05. The zero-order chi connectivity index (χ0) is 14.3. The fourth-order valence-electron chi connectivity index (χ4n) is 1.85. The first-order chi connectivity index (χ1) is 8.99. The maximum absolute atomic E-state index is 9.01. The zero-order valence-electron chi connectivity index (χ0n) is 11.9. The van der Waals surface area contributed by atoms with E-state index in [9.17, 15) is 0 Å². The molecular formula is C16H23BO2. The van der Waals surface area contributed by atoms with Gasteiger partial charge in [0.1, 0.15) is 0 Å². The Morgan fingerprint density at radius 3 is 2.37 bits per heavy atom. The maximum Gasteiger partial charge on any atom is 0.488 e. The van der Waals surface area contributed by atoms with Crippen LogP contribution in [0.2, 0.25) is 0 Å². The molecule has 102 valence electrons. The molecule has 0 bridgehead atoms. The second-order valence-corrected chi connectivity index (χ2v) is 5.20. The van der Waals surface area contributed by atoms with Crippen molar-refractivity contribution in [3.8, 4) is 0 Å². The van der Waals surface area contributed by atoms with E-state index in [0.29, 0.717) is 5.46 Å². The molecule has 2 nitrogen and oxygen atoms in total. The number of benzene rings is 1. The fourth-order valence-corrected chi connectivity index (χ4v) is 1.85. The predicted octanol–water partition coefficient (Wildman–Crippen LogP) is 2.60. The summed E-state index contributed by atoms with van der Waals surface area (Å²) in [6.45, 7) is 8.29. The van der Waals surface area contributed by atoms with Gasteiger partial charge in [-0.15, -0.1) is 0 Å². The highest BCUT2D eigenvalue weighted by atomic mass is 16.4. The van der Waals surface area contributed by atoms with E-state index in [1.54, 1.807) is 12.1 Å². The summed E-state index contributed by atoms with van der Waals surface area (Å²) in [7, 11) is -1.38. The second-order valence-electron chi connectivity index (χ2n) is 5.20. The van der Waals surface area contributed by atoms with Gasteiger partial charge in [0.15, 0.2) is 0 Å². The summed E-state index contributed by atoms with van der Waals surface area (Å²) < 4.78 is 0. The molecule has 1 rings (SSSR count). The third-order valence-corrected chi connectivity index (χ3v) is 3.07. The standard InChI is InChI=1S/C16H23BO2/c1-13(2)7-8-14(3)5-4-6-15-9-11-16(12-10-15)17(18)19/h7,9-12,18-19H,3-6,8H2,1-2H3. The van der Waals surface area contributed by atoms with Crippen molar-refractivity contribution < 1.29 is 10.0 Å². The minimum atomic E-state index is -1.38. The van der Waals surface area contributed by atoms with Crippen LogP contribution in [0.5, 0.6) is 0 Å². The number of hydrogen-bond acceptors (Lipinski definition) is 2. The first-order valence-electron chi connectivity index (χ1n) is 6.74. The molecule has 19 heavy (non-hydrogen) atoms. The van der Waals surface area contributed by atoms with Crippen LogP contribution in [0.4, 0.5) is 0 Å². The number of rotatable bonds is 7. The van der Waals surface area contributed by atoms with Crippen LogP contribution in [0, 0.1) is 0 Å². The lowest BCUT2D eigenvalue weighted by Crippen LogP contribution is -2.29. The van der Waals surface area contributed by atoms with E-state index in [1.807, 2.05) is 12.1 Å². The first kappa shape index (κ1) is 15.7. The van der Waals surface area contributed by atoms with Crippen LogP contribution < -0.4 is 5.46 Å². The maximum atomic E-state index is 9.01. The number of hydrogen-bond donors (Lipinski definition) is 2. The van der Waals surface area contributed by atoms with Crippen molar-refractivity contribution in [3.63, 3.8) is 0 Å². The van der Waals surface area contributed by atoms with Crippen LogP contribution in [0.15, 0.2) is 48.1 Å². The molecule has 0 heterocycles. The van der Waals surface area contributed by atoms with Gasteiger partial charge < -0.3 is 10.0 Å². The molecule has 1 aromatic rings. The number of aryl methyl sites for hydroxylation is 1. The van der Waals surface area contributed by atoms with Crippen LogP contribution in [-0.2, 0) is 6.42 Å². The first-order valence-corrected chi connectivity index (χ1v) is 6.74. The van der Waals surface area contributed by atoms with Gasteiger partial charge in [-0.1, -0.05) is 48.1 Å². The number of allylic oxidation sites excluding steroid dienone is 3. The smallest absolute Gasteiger partial charge is 0.423 e. The Kier molecular flexibility index (Phi) is 6.61. The van der Waals surface area contributed by atoms with Gasteiger partial charge >= 0.3 is 7.12 Å². The minimum Gasteiger partial charge on any atom is -0.423 e. The zero-order valence-corrected chi connectivity index (χ0v) is 11.9. The van der Waals surface area contributed by atoms with Gasteiger partial charge in [0, 0.05) is 0 Å². The molecule has 0 saturated carbocycles. The molecule has 0 unspecified atom stereocenters. The van der Waals surface area contributed by atoms with Crippen LogP contribution in [0.1, 0.15) is 38.7 Å². The van der Waals surface area contributed by atoms with Crippen molar-refractivity contribution in [3.05, 3.63) is 53.6 Å². The van der Waals surface area contributed by atoms with Crippen molar-refractivity contribution in [1.82, 2.24) is 0 Å². The molecule has 0 aliphatic heterocycles. The molecule has 0 saturated heterocycles. The third kappa shape index (κ3) is 6.41. The Labute approximate surface area is 116 Å². The van der Waals surface area contributed by atoms with Crippen LogP contribution in [0.3, 0.4) is 0 Å². The molecule has 1 aromatic carbocycles. The Morgan fingerprint density at radius 2 is 1.84 bits per heavy atom. The Bertz CT molecular complexity index is 429. The topological polar surface area (TPSA) is 40.5 Å². The molecule has 0 atom stereocenters. The fraction of sp³-hybridized carbons (Fsp3) is 0.375. The van der Waals surface area contributed by atoms with Crippen LogP contribution in [-0.4, -0.2) is 17.2 Å². The molecule has 0 radical (unpaired) electrons. The molecule has 0 fully saturated rings. The van der Waals surface area contributed by atoms with E-state index >= 15 is 0 Å². The van der Waals surface area contributed by atoms with Crippen LogP contribution >= 0.6 is 0 Å². The second kappa shape index (κ2) is 7.98. The van der Waals surface area contributed by atoms with E-state index in [-0.39, 0.29) is 0 Å². The van der Waals surface area contributed by atoms with Crippen LogP contribution in [0.25, 0.3) is 0 Å². The van der Waals surface area contributed by atoms with Gasteiger partial charge in [-0.25, -0.2) is 0 Å². The van der Waals surface area contributed by atoms with E-state index in [4.69, 9.17) is 10.0 Å². The highest BCUT2D eigenvalue weighted by Crippen LogP contribution is 2.12. The molecule has 3 heteroatoms. The van der Waals surface area contributed by atoms with E-state index in [1.165, 1.54) is 16.7 Å². The molecule has 0 aliphatic carbocycles. The van der Waals surface area contributed by atoms with Crippen molar-refractivity contribution in [2.24, 2.45) is 0 Å². The van der Waals surface area contributed by atoms with E-state index in [2.05, 4.69) is 26.5 Å². The quantitative estimate of drug-likeness (QED) is 0.583. The third-order valence-electron chi connectivity index (χ3n) is 3.07. The highest BCUT2D eigenvalue weighted by Gasteiger charge is 2.09. The van der Waals surface area contributed by atoms with Gasteiger partial charge in [-0.3, -0.25) is 0 Å². The summed E-state index contributed by atoms with van der Waals surface area (Å²) in [6, 6.07) is 7.43. The molecule has 0 amide bonds.